The standard InChI is InChI=1S/C24H25N3O3S.ClH/c1-18-10-12-22(13-11-18)31(29,30)27(20-7-5-6-19(2)14-20)16-21(28)15-26-17-25-23-8-3-4-9-24(23)26;/h3-14,17,21,28H,15-16H2,1-2H3;1H. The predicted molar refractivity (Wildman–Crippen MR) is 121 cm³/mol. The van der Waals surface area contributed by atoms with Gasteiger partial charge in [-0.25, -0.2) is 18.0 Å². The van der Waals surface area contributed by atoms with Crippen molar-refractivity contribution in [3.8, 4) is 0 Å². The number of hydrogen-bond donors (Lipinski definition) is 2. The first-order chi connectivity index (χ1) is 14.8. The number of benzene rings is 3. The molecule has 0 amide bonds. The van der Waals surface area contributed by atoms with Crippen molar-refractivity contribution in [3.05, 3.63) is 90.3 Å². The Labute approximate surface area is 194 Å². The number of sulfonamides is 1. The lowest BCUT2D eigenvalue weighted by Gasteiger charge is -2.27. The number of fused-ring (bicyclic) bond motifs is 1. The Hall–Kier alpha value is -2.87. The van der Waals surface area contributed by atoms with Crippen molar-refractivity contribution in [2.24, 2.45) is 0 Å². The van der Waals surface area contributed by atoms with Gasteiger partial charge in [0.2, 0.25) is 6.33 Å². The minimum atomic E-state index is -3.85. The monoisotopic (exact) mass is 471 g/mol. The summed E-state index contributed by atoms with van der Waals surface area (Å²) in [4.78, 5) is 3.37. The van der Waals surface area contributed by atoms with Gasteiger partial charge in [-0.2, -0.15) is 0 Å². The molecule has 32 heavy (non-hydrogen) atoms. The van der Waals surface area contributed by atoms with Crippen LogP contribution in [0.3, 0.4) is 0 Å². The van der Waals surface area contributed by atoms with E-state index in [2.05, 4.69) is 4.98 Å². The van der Waals surface area contributed by atoms with Gasteiger partial charge in [0, 0.05) is 0 Å². The Balaban J connectivity index is 0.00000289. The molecule has 6 nitrogen and oxygen atoms in total. The van der Waals surface area contributed by atoms with E-state index in [9.17, 15) is 13.5 Å². The normalized spacial score (nSPS) is 12.3. The molecule has 1 atom stereocenters. The van der Waals surface area contributed by atoms with Gasteiger partial charge in [-0.3, -0.25) is 4.31 Å². The van der Waals surface area contributed by atoms with Crippen LogP contribution >= 0.6 is 0 Å². The third kappa shape index (κ3) is 4.96. The Morgan fingerprint density at radius 2 is 1.69 bits per heavy atom. The molecular weight excluding hydrogens is 446 g/mol. The number of halogens is 1. The first-order valence-electron chi connectivity index (χ1n) is 10.1. The lowest BCUT2D eigenvalue weighted by Crippen LogP contribution is -3.00. The molecule has 1 aromatic heterocycles. The van der Waals surface area contributed by atoms with Crippen LogP contribution in [0, 0.1) is 13.8 Å². The molecular formula is C24H26ClN3O3S. The number of aromatic amines is 1. The Morgan fingerprint density at radius 1 is 0.969 bits per heavy atom. The second kappa shape index (κ2) is 9.73. The lowest BCUT2D eigenvalue weighted by molar-refractivity contribution is -0.678. The molecule has 0 saturated heterocycles. The molecule has 8 heteroatoms. The molecule has 0 saturated carbocycles. The van der Waals surface area contributed by atoms with Gasteiger partial charge in [-0.15, -0.1) is 0 Å². The summed E-state index contributed by atoms with van der Waals surface area (Å²) in [5.74, 6) is 0. The minimum absolute atomic E-state index is 0. The largest absolute Gasteiger partial charge is 1.00 e. The van der Waals surface area contributed by atoms with Crippen LogP contribution in [0.2, 0.25) is 0 Å². The molecule has 0 aliphatic heterocycles. The number of hydrogen-bond acceptors (Lipinski definition) is 3. The zero-order chi connectivity index (χ0) is 22.0. The van der Waals surface area contributed by atoms with Crippen molar-refractivity contribution in [1.82, 2.24) is 4.98 Å². The lowest BCUT2D eigenvalue weighted by atomic mass is 10.2. The van der Waals surface area contributed by atoms with Gasteiger partial charge in [0.25, 0.3) is 10.0 Å². The van der Waals surface area contributed by atoms with Crippen molar-refractivity contribution in [2.45, 2.75) is 31.4 Å². The summed E-state index contributed by atoms with van der Waals surface area (Å²) in [5.41, 5.74) is 4.37. The summed E-state index contributed by atoms with van der Waals surface area (Å²) < 4.78 is 30.2. The molecule has 168 valence electrons. The Kier molecular flexibility index (Phi) is 7.23. The van der Waals surface area contributed by atoms with E-state index in [4.69, 9.17) is 0 Å². The van der Waals surface area contributed by atoms with E-state index in [1.807, 2.05) is 60.9 Å². The van der Waals surface area contributed by atoms with Gasteiger partial charge in [0.1, 0.15) is 12.6 Å². The zero-order valence-corrected chi connectivity index (χ0v) is 19.5. The molecule has 0 aliphatic carbocycles. The average molecular weight is 472 g/mol. The smallest absolute Gasteiger partial charge is 0.264 e. The fourth-order valence-corrected chi connectivity index (χ4v) is 5.15. The quantitative estimate of drug-likeness (QED) is 0.381. The molecule has 0 radical (unpaired) electrons. The Bertz CT molecular complexity index is 1300. The summed E-state index contributed by atoms with van der Waals surface area (Å²) in [5, 5.41) is 10.9. The van der Waals surface area contributed by atoms with Crippen molar-refractivity contribution in [2.75, 3.05) is 10.8 Å². The maximum absolute atomic E-state index is 13.5. The number of aliphatic hydroxyl groups excluding tert-OH is 1. The first-order valence-corrected chi connectivity index (χ1v) is 11.6. The fraction of sp³-hybridized carbons (Fsp3) is 0.208. The van der Waals surface area contributed by atoms with Crippen molar-refractivity contribution in [3.63, 3.8) is 0 Å². The van der Waals surface area contributed by atoms with Crippen LogP contribution in [0.4, 0.5) is 5.69 Å². The van der Waals surface area contributed by atoms with Crippen LogP contribution < -0.4 is 21.3 Å². The van der Waals surface area contributed by atoms with Crippen LogP contribution in [0.5, 0.6) is 0 Å². The number of rotatable bonds is 7. The zero-order valence-electron chi connectivity index (χ0n) is 17.9. The van der Waals surface area contributed by atoms with E-state index < -0.39 is 16.1 Å². The first kappa shape index (κ1) is 23.8. The van der Waals surface area contributed by atoms with Gasteiger partial charge in [0.15, 0.2) is 11.0 Å². The van der Waals surface area contributed by atoms with Crippen LogP contribution in [-0.2, 0) is 16.6 Å². The molecule has 2 N–H and O–H groups in total. The van der Waals surface area contributed by atoms with Crippen LogP contribution in [-0.4, -0.2) is 31.2 Å². The second-order valence-electron chi connectivity index (χ2n) is 7.78. The summed E-state index contributed by atoms with van der Waals surface area (Å²) in [7, 11) is -3.85. The number of aromatic nitrogens is 2. The van der Waals surface area contributed by atoms with Crippen LogP contribution in [0.15, 0.2) is 84.0 Å². The third-order valence-electron chi connectivity index (χ3n) is 5.27. The van der Waals surface area contributed by atoms with E-state index in [-0.39, 0.29) is 30.4 Å². The number of anilines is 1. The summed E-state index contributed by atoms with van der Waals surface area (Å²) in [6, 6.07) is 21.9. The van der Waals surface area contributed by atoms with Gasteiger partial charge in [-0.05, 0) is 55.8 Å². The van der Waals surface area contributed by atoms with Gasteiger partial charge < -0.3 is 17.5 Å². The fourth-order valence-electron chi connectivity index (χ4n) is 3.65. The maximum atomic E-state index is 13.5. The number of para-hydroxylation sites is 2. The van der Waals surface area contributed by atoms with E-state index in [0.29, 0.717) is 5.69 Å². The highest BCUT2D eigenvalue weighted by molar-refractivity contribution is 7.92. The van der Waals surface area contributed by atoms with Crippen LogP contribution in [0.1, 0.15) is 11.1 Å². The molecule has 4 aromatic rings. The third-order valence-corrected chi connectivity index (χ3v) is 7.08. The van der Waals surface area contributed by atoms with Gasteiger partial charge >= 0.3 is 0 Å². The molecule has 0 bridgehead atoms. The maximum Gasteiger partial charge on any atom is 0.264 e. The number of nitrogens with one attached hydrogen (secondary N) is 1. The van der Waals surface area contributed by atoms with Crippen LogP contribution in [0.25, 0.3) is 11.0 Å². The number of aliphatic hydroxyl groups is 1. The number of nitrogens with zero attached hydrogens (tertiary/aromatic N) is 2. The SMILES string of the molecule is Cc1ccc(S(=O)(=O)N(CC(O)C[n+]2c[nH]c3ccccc32)c2cccc(C)c2)cc1.[Cl-]. The number of H-pyrrole nitrogens is 1. The average Bonchev–Trinajstić information content (AvgIpc) is 3.15. The molecule has 1 heterocycles. The van der Waals surface area contributed by atoms with Crippen molar-refractivity contribution < 1.29 is 30.5 Å². The van der Waals surface area contributed by atoms with Gasteiger partial charge in [0.05, 0.1) is 17.1 Å². The van der Waals surface area contributed by atoms with Gasteiger partial charge in [-0.1, -0.05) is 42.0 Å². The molecule has 3 aromatic carbocycles. The minimum Gasteiger partial charge on any atom is -1.00 e. The highest BCUT2D eigenvalue weighted by atomic mass is 35.5. The molecule has 4 rings (SSSR count). The second-order valence-corrected chi connectivity index (χ2v) is 9.65. The topological polar surface area (TPSA) is 77.3 Å². The van der Waals surface area contributed by atoms with E-state index in [1.54, 1.807) is 36.7 Å². The highest BCUT2D eigenvalue weighted by Crippen LogP contribution is 2.25. The van der Waals surface area contributed by atoms with Crippen molar-refractivity contribution in [1.29, 1.82) is 0 Å². The molecule has 0 aliphatic rings. The number of imidazole rings is 1. The molecule has 1 unspecified atom stereocenters. The van der Waals surface area contributed by atoms with E-state index >= 15 is 0 Å². The van der Waals surface area contributed by atoms with E-state index in [0.717, 1.165) is 22.2 Å². The summed E-state index contributed by atoms with van der Waals surface area (Å²) >= 11 is 0. The predicted octanol–water partition coefficient (Wildman–Crippen LogP) is 0.333. The molecule has 0 fully saturated rings. The summed E-state index contributed by atoms with van der Waals surface area (Å²) in [6.07, 6.45) is 0.879. The van der Waals surface area contributed by atoms with E-state index in [1.165, 1.54) is 4.31 Å². The summed E-state index contributed by atoms with van der Waals surface area (Å²) in [6.45, 7) is 4.03. The Morgan fingerprint density at radius 3 is 2.41 bits per heavy atom. The number of aryl methyl sites for hydroxylation is 2. The van der Waals surface area contributed by atoms with Crippen molar-refractivity contribution >= 4 is 26.7 Å². The highest BCUT2D eigenvalue weighted by Gasteiger charge is 2.28. The molecule has 0 spiro atoms.